The molecule has 0 saturated carbocycles. The van der Waals surface area contributed by atoms with E-state index in [1.54, 1.807) is 4.68 Å². The van der Waals surface area contributed by atoms with Crippen molar-refractivity contribution in [1.82, 2.24) is 15.0 Å². The zero-order valence-electron chi connectivity index (χ0n) is 7.36. The Hall–Kier alpha value is -1.82. The smallest absolute Gasteiger partial charge is 0.116 e. The lowest BCUT2D eigenvalue weighted by Crippen LogP contribution is -1.97. The van der Waals surface area contributed by atoms with Crippen molar-refractivity contribution in [1.29, 1.82) is 0 Å². The fraction of sp³-hybridized carbons (Fsp3) is 0.200. The topological polar surface area (TPSA) is 30.7 Å². The third-order valence-electron chi connectivity index (χ3n) is 1.99. The highest BCUT2D eigenvalue weighted by Crippen LogP contribution is 2.14. The van der Waals surface area contributed by atoms with Crippen LogP contribution in [0.3, 0.4) is 0 Å². The third-order valence-corrected chi connectivity index (χ3v) is 1.99. The summed E-state index contributed by atoms with van der Waals surface area (Å²) < 4.78 is 1.72. The van der Waals surface area contributed by atoms with Gasteiger partial charge in [0.2, 0.25) is 0 Å². The van der Waals surface area contributed by atoms with Crippen LogP contribution in [-0.2, 0) is 6.54 Å². The molecule has 0 unspecified atom stereocenters. The van der Waals surface area contributed by atoms with Gasteiger partial charge in [-0.3, -0.25) is 0 Å². The SMILES string of the molecule is C#CCn1nnc2c(C)cccc21. The molecule has 0 radical (unpaired) electrons. The van der Waals surface area contributed by atoms with E-state index in [4.69, 9.17) is 6.42 Å². The van der Waals surface area contributed by atoms with E-state index in [0.717, 1.165) is 16.6 Å². The molecule has 0 amide bonds. The van der Waals surface area contributed by atoms with Crippen molar-refractivity contribution in [3.05, 3.63) is 23.8 Å². The summed E-state index contributed by atoms with van der Waals surface area (Å²) in [6.07, 6.45) is 5.21. The summed E-state index contributed by atoms with van der Waals surface area (Å²) >= 11 is 0. The normalized spacial score (nSPS) is 10.2. The second-order valence-electron chi connectivity index (χ2n) is 2.89. The van der Waals surface area contributed by atoms with Crippen LogP contribution in [0.1, 0.15) is 5.56 Å². The van der Waals surface area contributed by atoms with E-state index in [1.807, 2.05) is 25.1 Å². The van der Waals surface area contributed by atoms with Gasteiger partial charge >= 0.3 is 0 Å². The minimum absolute atomic E-state index is 0.472. The zero-order chi connectivity index (χ0) is 9.26. The molecule has 0 bridgehead atoms. The lowest BCUT2D eigenvalue weighted by atomic mass is 10.2. The highest BCUT2D eigenvalue weighted by Gasteiger charge is 2.03. The number of aromatic nitrogens is 3. The van der Waals surface area contributed by atoms with Crippen LogP contribution in [0.5, 0.6) is 0 Å². The molecule has 0 fully saturated rings. The molecule has 0 spiro atoms. The first kappa shape index (κ1) is 7.81. The molecule has 0 aliphatic heterocycles. The number of hydrogen-bond donors (Lipinski definition) is 0. The fourth-order valence-corrected chi connectivity index (χ4v) is 1.33. The maximum Gasteiger partial charge on any atom is 0.116 e. The van der Waals surface area contributed by atoms with Gasteiger partial charge in [-0.05, 0) is 18.6 Å². The second-order valence-corrected chi connectivity index (χ2v) is 2.89. The van der Waals surface area contributed by atoms with Crippen molar-refractivity contribution in [3.63, 3.8) is 0 Å². The maximum atomic E-state index is 5.21. The van der Waals surface area contributed by atoms with Crippen LogP contribution in [-0.4, -0.2) is 15.0 Å². The van der Waals surface area contributed by atoms with E-state index in [-0.39, 0.29) is 0 Å². The van der Waals surface area contributed by atoms with E-state index >= 15 is 0 Å². The summed E-state index contributed by atoms with van der Waals surface area (Å²) in [5.41, 5.74) is 3.05. The Bertz CT molecular complexity index is 476. The van der Waals surface area contributed by atoms with Gasteiger partial charge in [-0.15, -0.1) is 11.5 Å². The Balaban J connectivity index is 2.70. The number of aryl methyl sites for hydroxylation is 1. The molecule has 64 valence electrons. The van der Waals surface area contributed by atoms with E-state index in [0.29, 0.717) is 6.54 Å². The molecule has 0 N–H and O–H groups in total. The molecule has 1 aromatic carbocycles. The molecule has 2 aromatic rings. The summed E-state index contributed by atoms with van der Waals surface area (Å²) in [7, 11) is 0. The fourth-order valence-electron chi connectivity index (χ4n) is 1.33. The molecule has 0 saturated heterocycles. The lowest BCUT2D eigenvalue weighted by molar-refractivity contribution is 0.694. The highest BCUT2D eigenvalue weighted by molar-refractivity contribution is 5.77. The molecule has 0 aliphatic carbocycles. The summed E-state index contributed by atoms with van der Waals surface area (Å²) in [6.45, 7) is 2.48. The predicted molar refractivity (Wildman–Crippen MR) is 51.1 cm³/mol. The number of hydrogen-bond acceptors (Lipinski definition) is 2. The number of nitrogens with zero attached hydrogens (tertiary/aromatic N) is 3. The minimum Gasteiger partial charge on any atom is -0.233 e. The molecular formula is C10H9N3. The van der Waals surface area contributed by atoms with Crippen molar-refractivity contribution in [2.24, 2.45) is 0 Å². The first-order chi connectivity index (χ1) is 6.33. The van der Waals surface area contributed by atoms with Crippen molar-refractivity contribution >= 4 is 11.0 Å². The van der Waals surface area contributed by atoms with Gasteiger partial charge in [0.15, 0.2) is 0 Å². The van der Waals surface area contributed by atoms with Crippen molar-refractivity contribution in [3.8, 4) is 12.3 Å². The van der Waals surface area contributed by atoms with E-state index < -0.39 is 0 Å². The number of terminal acetylenes is 1. The predicted octanol–water partition coefficient (Wildman–Crippen LogP) is 1.37. The van der Waals surface area contributed by atoms with E-state index in [2.05, 4.69) is 16.2 Å². The van der Waals surface area contributed by atoms with Crippen LogP contribution in [0.4, 0.5) is 0 Å². The van der Waals surface area contributed by atoms with Crippen molar-refractivity contribution < 1.29 is 0 Å². The Kier molecular flexibility index (Phi) is 1.75. The molecule has 3 nitrogen and oxygen atoms in total. The summed E-state index contributed by atoms with van der Waals surface area (Å²) in [5.74, 6) is 2.54. The monoisotopic (exact) mass is 171 g/mol. The minimum atomic E-state index is 0.472. The van der Waals surface area contributed by atoms with Crippen LogP contribution >= 0.6 is 0 Å². The van der Waals surface area contributed by atoms with Gasteiger partial charge in [-0.1, -0.05) is 23.3 Å². The largest absolute Gasteiger partial charge is 0.233 e. The summed E-state index contributed by atoms with van der Waals surface area (Å²) in [4.78, 5) is 0. The maximum absolute atomic E-state index is 5.21. The molecule has 3 heteroatoms. The average molecular weight is 171 g/mol. The van der Waals surface area contributed by atoms with Crippen LogP contribution in [0.15, 0.2) is 18.2 Å². The van der Waals surface area contributed by atoms with Gasteiger partial charge in [0.05, 0.1) is 5.52 Å². The zero-order valence-corrected chi connectivity index (χ0v) is 7.36. The molecule has 1 aromatic heterocycles. The van der Waals surface area contributed by atoms with Crippen LogP contribution < -0.4 is 0 Å². The Morgan fingerprint density at radius 3 is 3.15 bits per heavy atom. The molecule has 0 aliphatic rings. The number of rotatable bonds is 1. The average Bonchev–Trinajstić information content (AvgIpc) is 2.51. The van der Waals surface area contributed by atoms with Gasteiger partial charge < -0.3 is 0 Å². The second kappa shape index (κ2) is 2.91. The van der Waals surface area contributed by atoms with E-state index in [1.165, 1.54) is 0 Å². The molecule has 1 heterocycles. The van der Waals surface area contributed by atoms with Gasteiger partial charge in [-0.25, -0.2) is 4.68 Å². The first-order valence-electron chi connectivity index (χ1n) is 4.05. The summed E-state index contributed by atoms with van der Waals surface area (Å²) in [6, 6.07) is 5.96. The van der Waals surface area contributed by atoms with Gasteiger partial charge in [0.25, 0.3) is 0 Å². The summed E-state index contributed by atoms with van der Waals surface area (Å²) in [5, 5.41) is 8.02. The number of benzene rings is 1. The molecule has 0 atom stereocenters. The van der Waals surface area contributed by atoms with Crippen LogP contribution in [0.25, 0.3) is 11.0 Å². The Labute approximate surface area is 76.4 Å². The van der Waals surface area contributed by atoms with Crippen molar-refractivity contribution in [2.75, 3.05) is 0 Å². The standard InChI is InChI=1S/C10H9N3/c1-3-7-13-9-6-4-5-8(2)10(9)11-12-13/h1,4-6H,7H2,2H3. The molecule has 13 heavy (non-hydrogen) atoms. The van der Waals surface area contributed by atoms with Gasteiger partial charge in [0, 0.05) is 0 Å². The first-order valence-corrected chi connectivity index (χ1v) is 4.05. The third kappa shape index (κ3) is 1.17. The lowest BCUT2D eigenvalue weighted by Gasteiger charge is -1.95. The Morgan fingerprint density at radius 2 is 2.38 bits per heavy atom. The molecule has 2 rings (SSSR count). The van der Waals surface area contributed by atoms with Crippen LogP contribution in [0, 0.1) is 19.3 Å². The number of fused-ring (bicyclic) bond motifs is 1. The van der Waals surface area contributed by atoms with Gasteiger partial charge in [0.1, 0.15) is 12.1 Å². The highest BCUT2D eigenvalue weighted by atomic mass is 15.4. The van der Waals surface area contributed by atoms with Gasteiger partial charge in [-0.2, -0.15) is 0 Å². The van der Waals surface area contributed by atoms with Crippen molar-refractivity contribution in [2.45, 2.75) is 13.5 Å². The van der Waals surface area contributed by atoms with Crippen LogP contribution in [0.2, 0.25) is 0 Å². The molecular weight excluding hydrogens is 162 g/mol. The quantitative estimate of drug-likeness (QED) is 0.607. The van der Waals surface area contributed by atoms with E-state index in [9.17, 15) is 0 Å². The Morgan fingerprint density at radius 1 is 1.54 bits per heavy atom.